The van der Waals surface area contributed by atoms with Gasteiger partial charge in [0.1, 0.15) is 11.8 Å². The number of nitrogens with one attached hydrogen (secondary N) is 2. The minimum absolute atomic E-state index is 0.00949. The van der Waals surface area contributed by atoms with Gasteiger partial charge in [0, 0.05) is 25.7 Å². The van der Waals surface area contributed by atoms with E-state index in [1.807, 2.05) is 12.1 Å². The van der Waals surface area contributed by atoms with Crippen LogP contribution in [-0.4, -0.2) is 43.1 Å². The maximum absolute atomic E-state index is 12.0. The summed E-state index contributed by atoms with van der Waals surface area (Å²) in [5.74, 6) is -0.284. The maximum Gasteiger partial charge on any atom is 0.252 e. The summed E-state index contributed by atoms with van der Waals surface area (Å²) >= 11 is 0. The van der Waals surface area contributed by atoms with Crippen LogP contribution in [0.15, 0.2) is 91.2 Å². The Hall–Kier alpha value is -4.02. The first-order valence-corrected chi connectivity index (χ1v) is 14.1. The van der Waals surface area contributed by atoms with E-state index in [-0.39, 0.29) is 17.5 Å². The highest BCUT2D eigenvalue weighted by molar-refractivity contribution is 5.93. The molecule has 0 atom stereocenters. The van der Waals surface area contributed by atoms with E-state index in [0.29, 0.717) is 44.7 Å². The molecule has 0 spiro atoms. The van der Waals surface area contributed by atoms with Crippen molar-refractivity contribution < 1.29 is 14.3 Å². The Bertz CT molecular complexity index is 1040. The molecule has 0 aliphatic rings. The zero-order valence-electron chi connectivity index (χ0n) is 23.8. The highest BCUT2D eigenvalue weighted by Gasteiger charge is 2.05. The van der Waals surface area contributed by atoms with Crippen LogP contribution in [-0.2, 0) is 9.53 Å². The van der Waals surface area contributed by atoms with Gasteiger partial charge in [0.25, 0.3) is 5.91 Å². The van der Waals surface area contributed by atoms with Gasteiger partial charge in [-0.3, -0.25) is 9.59 Å². The summed E-state index contributed by atoms with van der Waals surface area (Å²) in [5.41, 5.74) is 0.650. The molecule has 0 saturated heterocycles. The van der Waals surface area contributed by atoms with E-state index >= 15 is 0 Å². The maximum atomic E-state index is 12.0. The van der Waals surface area contributed by atoms with Crippen molar-refractivity contribution in [2.24, 2.45) is 0 Å². The Balaban J connectivity index is 1.94. The molecule has 1 aromatic heterocycles. The van der Waals surface area contributed by atoms with Crippen LogP contribution >= 0.6 is 0 Å². The van der Waals surface area contributed by atoms with Gasteiger partial charge < -0.3 is 15.4 Å². The van der Waals surface area contributed by atoms with Crippen molar-refractivity contribution in [3.8, 4) is 6.07 Å². The minimum atomic E-state index is -0.275. The zero-order chi connectivity index (χ0) is 28.9. The summed E-state index contributed by atoms with van der Waals surface area (Å²) < 4.78 is 5.43. The van der Waals surface area contributed by atoms with Gasteiger partial charge in [0.05, 0.1) is 18.8 Å². The molecule has 0 saturated carbocycles. The topological polar surface area (TPSA) is 104 Å². The Morgan fingerprint density at radius 1 is 0.800 bits per heavy atom. The van der Waals surface area contributed by atoms with Crippen LogP contribution in [0, 0.1) is 11.3 Å². The van der Waals surface area contributed by atoms with Crippen LogP contribution in [0.4, 0.5) is 0 Å². The molecule has 7 heteroatoms. The monoisotopic (exact) mass is 544 g/mol. The fraction of sp³-hybridized carbons (Fsp3) is 0.394. The van der Waals surface area contributed by atoms with Gasteiger partial charge in [0.2, 0.25) is 5.91 Å². The van der Waals surface area contributed by atoms with Crippen molar-refractivity contribution in [3.05, 3.63) is 102 Å². The van der Waals surface area contributed by atoms with E-state index in [1.54, 1.807) is 6.07 Å². The third kappa shape index (κ3) is 20.0. The zero-order valence-corrected chi connectivity index (χ0v) is 23.8. The minimum Gasteiger partial charge on any atom is -0.378 e. The van der Waals surface area contributed by atoms with Crippen molar-refractivity contribution in [1.29, 1.82) is 5.26 Å². The molecule has 0 aromatic carbocycles. The second kappa shape index (κ2) is 25.3. The van der Waals surface area contributed by atoms with Crippen LogP contribution in [0.25, 0.3) is 0 Å². The molecular weight excluding hydrogens is 500 g/mol. The highest BCUT2D eigenvalue weighted by Crippen LogP contribution is 2.00. The summed E-state index contributed by atoms with van der Waals surface area (Å²) in [6.07, 6.45) is 34.3. The predicted octanol–water partition coefficient (Wildman–Crippen LogP) is 6.29. The molecule has 214 valence electrons. The number of carbonyl (C=O) groups is 2. The smallest absolute Gasteiger partial charge is 0.252 e. The van der Waals surface area contributed by atoms with Crippen LogP contribution in [0.2, 0.25) is 0 Å². The number of allylic oxidation sites excluding steroid dienone is 12. The van der Waals surface area contributed by atoms with Gasteiger partial charge in [-0.25, -0.2) is 4.98 Å². The fourth-order valence-electron chi connectivity index (χ4n) is 3.24. The third-order valence-electron chi connectivity index (χ3n) is 5.38. The Morgan fingerprint density at radius 3 is 1.82 bits per heavy atom. The first-order valence-electron chi connectivity index (χ1n) is 14.1. The van der Waals surface area contributed by atoms with Gasteiger partial charge in [-0.15, -0.1) is 0 Å². The summed E-state index contributed by atoms with van der Waals surface area (Å²) in [5, 5.41) is 14.3. The van der Waals surface area contributed by atoms with Crippen molar-refractivity contribution >= 4 is 11.8 Å². The Kier molecular flexibility index (Phi) is 21.5. The van der Waals surface area contributed by atoms with Crippen LogP contribution in [0.3, 0.4) is 0 Å². The largest absolute Gasteiger partial charge is 0.378 e. The lowest BCUT2D eigenvalue weighted by atomic mass is 10.2. The van der Waals surface area contributed by atoms with Crippen LogP contribution < -0.4 is 10.6 Å². The molecule has 2 N–H and O–H groups in total. The molecule has 0 unspecified atom stereocenters. The van der Waals surface area contributed by atoms with Gasteiger partial charge in [-0.1, -0.05) is 79.8 Å². The molecule has 7 nitrogen and oxygen atoms in total. The van der Waals surface area contributed by atoms with E-state index in [2.05, 4.69) is 89.4 Å². The van der Waals surface area contributed by atoms with Crippen molar-refractivity contribution in [1.82, 2.24) is 15.6 Å². The van der Waals surface area contributed by atoms with Gasteiger partial charge >= 0.3 is 0 Å². The molecular formula is C33H44N4O3. The lowest BCUT2D eigenvalue weighted by Crippen LogP contribution is -2.30. The number of nitrogens with zero attached hydrogens (tertiary/aromatic N) is 2. The highest BCUT2D eigenvalue weighted by atomic mass is 16.5. The number of pyridine rings is 1. The lowest BCUT2D eigenvalue weighted by molar-refractivity contribution is -0.121. The average molecular weight is 545 g/mol. The molecule has 2 amide bonds. The molecule has 1 rings (SSSR count). The van der Waals surface area contributed by atoms with Crippen LogP contribution in [0.5, 0.6) is 0 Å². The van der Waals surface area contributed by atoms with E-state index in [1.165, 1.54) is 12.3 Å². The second-order valence-corrected chi connectivity index (χ2v) is 8.72. The summed E-state index contributed by atoms with van der Waals surface area (Å²) in [4.78, 5) is 27.7. The van der Waals surface area contributed by atoms with E-state index in [4.69, 9.17) is 10.00 Å². The number of hydrogen-bond acceptors (Lipinski definition) is 5. The van der Waals surface area contributed by atoms with Gasteiger partial charge in [0.15, 0.2) is 0 Å². The van der Waals surface area contributed by atoms with Crippen molar-refractivity contribution in [3.63, 3.8) is 0 Å². The quantitative estimate of drug-likeness (QED) is 0.140. The van der Waals surface area contributed by atoms with E-state index in [9.17, 15) is 9.59 Å². The lowest BCUT2D eigenvalue weighted by Gasteiger charge is -2.07. The molecule has 0 radical (unpaired) electrons. The fourth-order valence-corrected chi connectivity index (χ4v) is 3.24. The summed E-state index contributed by atoms with van der Waals surface area (Å²) in [6.45, 7) is 3.63. The molecule has 1 aromatic rings. The Morgan fingerprint density at radius 2 is 1.32 bits per heavy atom. The summed E-state index contributed by atoms with van der Waals surface area (Å²) in [7, 11) is 0. The average Bonchev–Trinajstić information content (AvgIpc) is 2.97. The number of amides is 2. The molecule has 0 aliphatic carbocycles. The van der Waals surface area contributed by atoms with Crippen molar-refractivity contribution in [2.45, 2.75) is 58.3 Å². The first-order chi connectivity index (χ1) is 19.7. The molecule has 0 bridgehead atoms. The first kappa shape index (κ1) is 34.0. The van der Waals surface area contributed by atoms with E-state index < -0.39 is 0 Å². The standard InChI is InChI=1S/C33H44N4O3/c1-2-3-4-5-6-7-8-9-10-11-12-13-14-15-16-17-18-19-20-21-32(38)35-24-26-40-27-25-36-33(39)30-22-23-31(28-34)37-29-30/h3-4,6-7,9-10,12-13,15-16,18-19,22-23,29H,2,5,8,11,14,17,20-21,24-27H2,1H3,(H,35,38)(H,36,39). The van der Waals surface area contributed by atoms with Gasteiger partial charge in [-0.05, 0) is 57.1 Å². The molecule has 0 aliphatic heterocycles. The predicted molar refractivity (Wildman–Crippen MR) is 163 cm³/mol. The number of rotatable bonds is 21. The van der Waals surface area contributed by atoms with Crippen molar-refractivity contribution in [2.75, 3.05) is 26.3 Å². The second-order valence-electron chi connectivity index (χ2n) is 8.72. The number of nitriles is 1. The molecule has 1 heterocycles. The normalized spacial score (nSPS) is 12.0. The van der Waals surface area contributed by atoms with E-state index in [0.717, 1.165) is 38.5 Å². The Labute approximate surface area is 240 Å². The third-order valence-corrected chi connectivity index (χ3v) is 5.38. The molecule has 0 fully saturated rings. The number of ether oxygens (including phenoxy) is 1. The number of carbonyl (C=O) groups excluding carboxylic acids is 2. The number of aromatic nitrogens is 1. The number of hydrogen-bond donors (Lipinski definition) is 2. The van der Waals surface area contributed by atoms with Crippen LogP contribution in [0.1, 0.15) is 74.3 Å². The SMILES string of the molecule is CCC=CCC=CCC=CCC=CCC=CCC=CCCC(=O)NCCOCCNC(=O)c1ccc(C#N)nc1. The molecule has 40 heavy (non-hydrogen) atoms. The van der Waals surface area contributed by atoms with Gasteiger partial charge in [-0.2, -0.15) is 5.26 Å². The summed E-state index contributed by atoms with van der Waals surface area (Å²) in [6, 6.07) is 4.96.